The van der Waals surface area contributed by atoms with Crippen molar-refractivity contribution < 1.29 is 4.79 Å². The summed E-state index contributed by atoms with van der Waals surface area (Å²) in [4.78, 5) is 17.3. The lowest BCUT2D eigenvalue weighted by Gasteiger charge is -2.35. The highest BCUT2D eigenvalue weighted by Crippen LogP contribution is 2.23. The zero-order chi connectivity index (χ0) is 21.9. The smallest absolute Gasteiger partial charge is 0.254 e. The van der Waals surface area contributed by atoms with Crippen LogP contribution < -0.4 is 4.90 Å². The van der Waals surface area contributed by atoms with Crippen LogP contribution >= 0.6 is 0 Å². The van der Waals surface area contributed by atoms with Crippen molar-refractivity contribution in [2.45, 2.75) is 13.3 Å². The zero-order valence-electron chi connectivity index (χ0n) is 18.2. The summed E-state index contributed by atoms with van der Waals surface area (Å²) in [5.74, 6) is 0.953. The van der Waals surface area contributed by atoms with Crippen molar-refractivity contribution in [2.24, 2.45) is 0 Å². The highest BCUT2D eigenvalue weighted by atomic mass is 16.2. The second kappa shape index (κ2) is 8.79. The number of hydrogen-bond acceptors (Lipinski definition) is 4. The summed E-state index contributed by atoms with van der Waals surface area (Å²) >= 11 is 0. The minimum absolute atomic E-state index is 0.0957. The fourth-order valence-electron chi connectivity index (χ4n) is 4.28. The number of hydrogen-bond donors (Lipinski definition) is 0. The number of aryl methyl sites for hydroxylation is 1. The molecule has 1 aliphatic rings. The predicted octanol–water partition coefficient (Wildman–Crippen LogP) is 4.82. The van der Waals surface area contributed by atoms with Crippen molar-refractivity contribution in [1.82, 2.24) is 15.1 Å². The van der Waals surface area contributed by atoms with Crippen LogP contribution in [0.4, 0.5) is 5.82 Å². The molecule has 4 aromatic rings. The normalized spacial score (nSPS) is 14.0. The van der Waals surface area contributed by atoms with Crippen LogP contribution in [0, 0.1) is 0 Å². The quantitative estimate of drug-likeness (QED) is 0.473. The number of amides is 1. The zero-order valence-corrected chi connectivity index (χ0v) is 18.2. The summed E-state index contributed by atoms with van der Waals surface area (Å²) in [6.45, 7) is 4.98. The molecule has 5 nitrogen and oxygen atoms in total. The minimum atomic E-state index is 0.0957. The molecule has 1 amide bonds. The second-order valence-electron chi connectivity index (χ2n) is 8.13. The topological polar surface area (TPSA) is 49.3 Å². The SMILES string of the molecule is CCc1ccc(-c2ccc(N3CCN(C(=O)c4cccc5ccccc45)CC3)nn2)cc1. The lowest BCUT2D eigenvalue weighted by molar-refractivity contribution is 0.0748. The minimum Gasteiger partial charge on any atom is -0.352 e. The molecule has 2 heterocycles. The van der Waals surface area contributed by atoms with E-state index < -0.39 is 0 Å². The van der Waals surface area contributed by atoms with Gasteiger partial charge in [0, 0.05) is 37.3 Å². The van der Waals surface area contributed by atoms with Gasteiger partial charge in [0.2, 0.25) is 0 Å². The Morgan fingerprint density at radius 3 is 2.28 bits per heavy atom. The molecule has 1 aromatic heterocycles. The van der Waals surface area contributed by atoms with Gasteiger partial charge in [-0.15, -0.1) is 10.2 Å². The van der Waals surface area contributed by atoms with Gasteiger partial charge in [-0.05, 0) is 41.0 Å². The van der Waals surface area contributed by atoms with Crippen LogP contribution in [0.25, 0.3) is 22.0 Å². The number of nitrogens with zero attached hydrogens (tertiary/aromatic N) is 4. The Balaban J connectivity index is 1.25. The molecule has 32 heavy (non-hydrogen) atoms. The Bertz CT molecular complexity index is 1220. The lowest BCUT2D eigenvalue weighted by Crippen LogP contribution is -2.49. The Kier molecular flexibility index (Phi) is 5.55. The standard InChI is InChI=1S/C27H26N4O/c1-2-20-10-12-22(13-11-20)25-14-15-26(29-28-25)30-16-18-31(19-17-30)27(32)24-9-5-7-21-6-3-4-8-23(21)24/h3-15H,2,16-19H2,1H3. The third-order valence-corrected chi connectivity index (χ3v) is 6.22. The van der Waals surface area contributed by atoms with Crippen LogP contribution in [0.15, 0.2) is 78.9 Å². The second-order valence-corrected chi connectivity index (χ2v) is 8.13. The van der Waals surface area contributed by atoms with Crippen LogP contribution in [0.5, 0.6) is 0 Å². The first-order valence-electron chi connectivity index (χ1n) is 11.2. The maximum absolute atomic E-state index is 13.2. The average molecular weight is 423 g/mol. The first-order valence-corrected chi connectivity index (χ1v) is 11.2. The van der Waals surface area contributed by atoms with Crippen molar-refractivity contribution in [3.63, 3.8) is 0 Å². The highest BCUT2D eigenvalue weighted by molar-refractivity contribution is 6.07. The molecule has 1 saturated heterocycles. The Morgan fingerprint density at radius 2 is 1.56 bits per heavy atom. The van der Waals surface area contributed by atoms with Crippen LogP contribution in [0.2, 0.25) is 0 Å². The van der Waals surface area contributed by atoms with Gasteiger partial charge in [0.05, 0.1) is 5.69 Å². The molecule has 1 fully saturated rings. The van der Waals surface area contributed by atoms with E-state index in [1.165, 1.54) is 5.56 Å². The first-order chi connectivity index (χ1) is 15.7. The molecule has 1 aliphatic heterocycles. The highest BCUT2D eigenvalue weighted by Gasteiger charge is 2.24. The van der Waals surface area contributed by atoms with Crippen LogP contribution in [-0.2, 0) is 6.42 Å². The van der Waals surface area contributed by atoms with Gasteiger partial charge in [-0.3, -0.25) is 4.79 Å². The molecule has 0 N–H and O–H groups in total. The van der Waals surface area contributed by atoms with Crippen molar-refractivity contribution in [3.8, 4) is 11.3 Å². The number of piperazine rings is 1. The molecule has 0 spiro atoms. The molecule has 0 aliphatic carbocycles. The number of aromatic nitrogens is 2. The first kappa shape index (κ1) is 20.2. The summed E-state index contributed by atoms with van der Waals surface area (Å²) in [5, 5.41) is 11.0. The maximum atomic E-state index is 13.2. The Hall–Kier alpha value is -3.73. The largest absolute Gasteiger partial charge is 0.352 e. The monoisotopic (exact) mass is 422 g/mol. The van der Waals surface area contributed by atoms with E-state index in [4.69, 9.17) is 0 Å². The van der Waals surface area contributed by atoms with E-state index in [-0.39, 0.29) is 5.91 Å². The molecule has 5 heteroatoms. The van der Waals surface area contributed by atoms with Crippen molar-refractivity contribution in [3.05, 3.63) is 90.0 Å². The van der Waals surface area contributed by atoms with Crippen LogP contribution in [-0.4, -0.2) is 47.2 Å². The molecule has 0 bridgehead atoms. The van der Waals surface area contributed by atoms with Gasteiger partial charge in [-0.1, -0.05) is 67.6 Å². The third-order valence-electron chi connectivity index (χ3n) is 6.22. The number of benzene rings is 3. The summed E-state index contributed by atoms with van der Waals surface area (Å²) in [7, 11) is 0. The van der Waals surface area contributed by atoms with Crippen molar-refractivity contribution in [1.29, 1.82) is 0 Å². The van der Waals surface area contributed by atoms with Gasteiger partial charge in [0.25, 0.3) is 5.91 Å². The molecule has 5 rings (SSSR count). The van der Waals surface area contributed by atoms with Crippen LogP contribution in [0.3, 0.4) is 0 Å². The van der Waals surface area contributed by atoms with E-state index in [1.807, 2.05) is 59.5 Å². The molecular weight excluding hydrogens is 396 g/mol. The number of anilines is 1. The molecule has 0 radical (unpaired) electrons. The molecule has 0 saturated carbocycles. The summed E-state index contributed by atoms with van der Waals surface area (Å²) in [6, 6.07) is 26.5. The average Bonchev–Trinajstić information content (AvgIpc) is 2.88. The fraction of sp³-hybridized carbons (Fsp3) is 0.222. The molecule has 160 valence electrons. The fourth-order valence-corrected chi connectivity index (χ4v) is 4.28. The maximum Gasteiger partial charge on any atom is 0.254 e. The van der Waals surface area contributed by atoms with Crippen molar-refractivity contribution >= 4 is 22.5 Å². The van der Waals surface area contributed by atoms with Gasteiger partial charge >= 0.3 is 0 Å². The summed E-state index contributed by atoms with van der Waals surface area (Å²) in [5.41, 5.74) is 4.04. The number of fused-ring (bicyclic) bond motifs is 1. The third kappa shape index (κ3) is 3.94. The lowest BCUT2D eigenvalue weighted by atomic mass is 10.0. The van der Waals surface area contributed by atoms with E-state index >= 15 is 0 Å². The van der Waals surface area contributed by atoms with E-state index in [0.717, 1.165) is 52.9 Å². The number of rotatable bonds is 4. The van der Waals surface area contributed by atoms with E-state index in [0.29, 0.717) is 13.1 Å². The summed E-state index contributed by atoms with van der Waals surface area (Å²) in [6.07, 6.45) is 1.03. The van der Waals surface area contributed by atoms with E-state index in [9.17, 15) is 4.79 Å². The van der Waals surface area contributed by atoms with Gasteiger partial charge in [0.15, 0.2) is 5.82 Å². The van der Waals surface area contributed by atoms with Gasteiger partial charge in [-0.2, -0.15) is 0 Å². The Labute approximate surface area is 188 Å². The van der Waals surface area contributed by atoms with Gasteiger partial charge in [0.1, 0.15) is 0 Å². The molecule has 0 atom stereocenters. The number of carbonyl (C=O) groups is 1. The predicted molar refractivity (Wildman–Crippen MR) is 129 cm³/mol. The van der Waals surface area contributed by atoms with Gasteiger partial charge in [-0.25, -0.2) is 0 Å². The molecule has 3 aromatic carbocycles. The van der Waals surface area contributed by atoms with E-state index in [2.05, 4.69) is 46.3 Å². The summed E-state index contributed by atoms with van der Waals surface area (Å²) < 4.78 is 0. The van der Waals surface area contributed by atoms with Gasteiger partial charge < -0.3 is 9.80 Å². The molecular formula is C27H26N4O. The van der Waals surface area contributed by atoms with Crippen molar-refractivity contribution in [2.75, 3.05) is 31.1 Å². The molecule has 0 unspecified atom stereocenters. The number of carbonyl (C=O) groups excluding carboxylic acids is 1. The van der Waals surface area contributed by atoms with E-state index in [1.54, 1.807) is 0 Å². The van der Waals surface area contributed by atoms with Crippen LogP contribution in [0.1, 0.15) is 22.8 Å². The Morgan fingerprint density at radius 1 is 0.812 bits per heavy atom.